The number of amides is 1. The first kappa shape index (κ1) is 24.3. The van der Waals surface area contributed by atoms with Crippen molar-refractivity contribution < 1.29 is 27.4 Å². The van der Waals surface area contributed by atoms with Crippen molar-refractivity contribution in [1.29, 1.82) is 0 Å². The summed E-state index contributed by atoms with van der Waals surface area (Å²) in [6, 6.07) is 6.71. The number of aryl methyl sites for hydroxylation is 1. The molecule has 2 aliphatic heterocycles. The minimum absolute atomic E-state index is 0.0659. The van der Waals surface area contributed by atoms with Gasteiger partial charge in [-0.15, -0.1) is 0 Å². The number of rotatable bonds is 5. The number of fused-ring (bicyclic) bond motifs is 2. The summed E-state index contributed by atoms with van der Waals surface area (Å²) in [6.07, 6.45) is 0. The second-order valence-electron chi connectivity index (χ2n) is 10.1. The molecular weight excluding hydrogens is 473 g/mol. The number of ether oxygens (including phenoxy) is 2. The fourth-order valence-electron chi connectivity index (χ4n) is 4.53. The summed E-state index contributed by atoms with van der Waals surface area (Å²) in [5.74, 6) is -3.34. The Labute approximate surface area is 206 Å². The van der Waals surface area contributed by atoms with Crippen LogP contribution in [0.3, 0.4) is 0 Å². The molecule has 1 amide bonds. The van der Waals surface area contributed by atoms with E-state index in [1.54, 1.807) is 46.9 Å². The van der Waals surface area contributed by atoms with Crippen molar-refractivity contribution in [3.63, 3.8) is 0 Å². The topological polar surface area (TPSA) is 79.9 Å². The van der Waals surface area contributed by atoms with Gasteiger partial charge in [0.2, 0.25) is 0 Å². The molecule has 1 saturated heterocycles. The van der Waals surface area contributed by atoms with Gasteiger partial charge in [-0.2, -0.15) is 8.78 Å². The van der Waals surface area contributed by atoms with Gasteiger partial charge in [-0.25, -0.2) is 14.4 Å². The largest absolute Gasteiger partial charge is 0.476 e. The van der Waals surface area contributed by atoms with E-state index < -0.39 is 34.5 Å². The van der Waals surface area contributed by atoms with E-state index in [0.717, 1.165) is 6.07 Å². The number of halogens is 3. The molecule has 36 heavy (non-hydrogen) atoms. The lowest BCUT2D eigenvalue weighted by molar-refractivity contribution is -0.132. The molecule has 0 radical (unpaired) electrons. The number of carbonyl (C=O) groups excluding carboxylic acids is 1. The van der Waals surface area contributed by atoms with Gasteiger partial charge in [0, 0.05) is 24.1 Å². The van der Waals surface area contributed by atoms with E-state index in [1.807, 2.05) is 0 Å². The Morgan fingerprint density at radius 1 is 1.19 bits per heavy atom. The fraction of sp³-hybridized carbons (Fsp3) is 0.423. The molecule has 2 atom stereocenters. The first-order valence-electron chi connectivity index (χ1n) is 11.6. The van der Waals surface area contributed by atoms with Crippen molar-refractivity contribution in [2.75, 3.05) is 23.9 Å². The molecule has 2 aromatic carbocycles. The minimum atomic E-state index is -3.48. The van der Waals surface area contributed by atoms with Crippen LogP contribution in [0.4, 0.5) is 24.7 Å². The molecule has 0 saturated carbocycles. The van der Waals surface area contributed by atoms with Gasteiger partial charge in [0.15, 0.2) is 11.2 Å². The third-order valence-corrected chi connectivity index (χ3v) is 6.86. The summed E-state index contributed by atoms with van der Waals surface area (Å²) in [6.45, 7) is 7.91. The summed E-state index contributed by atoms with van der Waals surface area (Å²) in [4.78, 5) is 23.2. The predicted octanol–water partition coefficient (Wildman–Crippen LogP) is 5.26. The Morgan fingerprint density at radius 2 is 1.89 bits per heavy atom. The van der Waals surface area contributed by atoms with Gasteiger partial charge >= 0.3 is 5.92 Å². The maximum Gasteiger partial charge on any atom is 0.306 e. The van der Waals surface area contributed by atoms with Crippen LogP contribution in [0, 0.1) is 12.7 Å². The number of benzene rings is 2. The number of epoxide rings is 1. The number of carbonyl (C=O) groups is 1. The van der Waals surface area contributed by atoms with Crippen molar-refractivity contribution in [3.05, 3.63) is 53.1 Å². The fourth-order valence-corrected chi connectivity index (χ4v) is 4.53. The van der Waals surface area contributed by atoms with Crippen molar-refractivity contribution in [1.82, 2.24) is 9.97 Å². The Balaban J connectivity index is 1.54. The molecular formula is C26H27F3N4O3. The van der Waals surface area contributed by atoms with Gasteiger partial charge in [-0.3, -0.25) is 4.79 Å². The Morgan fingerprint density at radius 3 is 2.56 bits per heavy atom. The Hall–Kier alpha value is -3.40. The van der Waals surface area contributed by atoms with E-state index in [4.69, 9.17) is 9.47 Å². The number of aromatic nitrogens is 2. The summed E-state index contributed by atoms with van der Waals surface area (Å²) >= 11 is 0. The van der Waals surface area contributed by atoms with Crippen LogP contribution in [0.5, 0.6) is 5.75 Å². The molecule has 2 aliphatic rings. The SMILES string of the molecule is Cc1nc(N[C@H](C)c2cccc(C(F)(F)C3(C)CO3)c2F)c2cc3c(cc2n1)OC(C)(C)C(=O)N3C. The van der Waals surface area contributed by atoms with E-state index in [-0.39, 0.29) is 18.1 Å². The minimum Gasteiger partial charge on any atom is -0.476 e. The Bertz CT molecular complexity index is 1400. The Kier molecular flexibility index (Phi) is 5.26. The lowest BCUT2D eigenvalue weighted by Gasteiger charge is -2.37. The number of likely N-dealkylation sites (N-methyl/N-ethyl adjacent to an activating group) is 1. The number of nitrogens with one attached hydrogen (secondary N) is 1. The molecule has 5 rings (SSSR count). The van der Waals surface area contributed by atoms with Gasteiger partial charge < -0.3 is 19.7 Å². The van der Waals surface area contributed by atoms with Gasteiger partial charge in [0.05, 0.1) is 29.4 Å². The smallest absolute Gasteiger partial charge is 0.306 e. The van der Waals surface area contributed by atoms with E-state index in [2.05, 4.69) is 15.3 Å². The summed E-state index contributed by atoms with van der Waals surface area (Å²) in [5, 5.41) is 3.73. The summed E-state index contributed by atoms with van der Waals surface area (Å²) in [5.41, 5.74) is -2.26. The van der Waals surface area contributed by atoms with Gasteiger partial charge in [0.1, 0.15) is 23.2 Å². The van der Waals surface area contributed by atoms with Gasteiger partial charge in [0.25, 0.3) is 5.91 Å². The van der Waals surface area contributed by atoms with Crippen molar-refractivity contribution in [2.45, 2.75) is 57.8 Å². The first-order chi connectivity index (χ1) is 16.7. The third-order valence-electron chi connectivity index (χ3n) is 6.86. The van der Waals surface area contributed by atoms with E-state index >= 15 is 4.39 Å². The van der Waals surface area contributed by atoms with E-state index in [9.17, 15) is 13.6 Å². The quantitative estimate of drug-likeness (QED) is 0.481. The highest BCUT2D eigenvalue weighted by molar-refractivity contribution is 6.05. The highest BCUT2D eigenvalue weighted by Crippen LogP contribution is 2.50. The second-order valence-corrected chi connectivity index (χ2v) is 10.1. The molecule has 0 aliphatic carbocycles. The second kappa shape index (κ2) is 7.80. The van der Waals surface area contributed by atoms with E-state index in [0.29, 0.717) is 34.0 Å². The first-order valence-corrected chi connectivity index (χ1v) is 11.6. The zero-order valence-electron chi connectivity index (χ0n) is 20.9. The van der Waals surface area contributed by atoms with Crippen LogP contribution in [-0.4, -0.2) is 40.7 Å². The molecule has 3 aromatic rings. The van der Waals surface area contributed by atoms with Gasteiger partial charge in [-0.1, -0.05) is 12.1 Å². The molecule has 3 heterocycles. The molecule has 1 aromatic heterocycles. The number of hydrogen-bond acceptors (Lipinski definition) is 6. The molecule has 0 bridgehead atoms. The van der Waals surface area contributed by atoms with Crippen molar-refractivity contribution in [3.8, 4) is 5.75 Å². The molecule has 1 N–H and O–H groups in total. The van der Waals surface area contributed by atoms with Crippen LogP contribution in [0.25, 0.3) is 10.9 Å². The molecule has 10 heteroatoms. The highest BCUT2D eigenvalue weighted by atomic mass is 19.3. The van der Waals surface area contributed by atoms with Crippen LogP contribution in [0.1, 0.15) is 50.7 Å². The maximum absolute atomic E-state index is 15.4. The molecule has 7 nitrogen and oxygen atoms in total. The molecule has 0 spiro atoms. The monoisotopic (exact) mass is 500 g/mol. The summed E-state index contributed by atoms with van der Waals surface area (Å²) in [7, 11) is 1.66. The standard InChI is InChI=1S/C26H27F3N4O3/c1-13(15-8-7-9-17(21(15)27)26(28,29)25(5)12-35-25)30-22-16-10-19-20(11-18(16)31-14(2)32-22)36-24(3,4)23(34)33(19)6/h7-11,13H,12H2,1-6H3,(H,30,31,32)/t13-,25?/m1/s1. The average molecular weight is 501 g/mol. The van der Waals surface area contributed by atoms with Crippen LogP contribution in [0.2, 0.25) is 0 Å². The lowest BCUT2D eigenvalue weighted by Crippen LogP contribution is -2.50. The molecule has 1 fully saturated rings. The normalized spacial score (nSPS) is 21.7. The third kappa shape index (κ3) is 3.66. The number of hydrogen-bond donors (Lipinski definition) is 1. The molecule has 190 valence electrons. The highest BCUT2D eigenvalue weighted by Gasteiger charge is 2.62. The number of alkyl halides is 2. The van der Waals surface area contributed by atoms with Crippen LogP contribution in [0.15, 0.2) is 30.3 Å². The zero-order chi connectivity index (χ0) is 26.2. The van der Waals surface area contributed by atoms with Crippen LogP contribution in [-0.2, 0) is 15.5 Å². The molecule has 1 unspecified atom stereocenters. The number of anilines is 2. The van der Waals surface area contributed by atoms with Gasteiger partial charge in [-0.05, 0) is 46.8 Å². The zero-order valence-corrected chi connectivity index (χ0v) is 20.9. The lowest BCUT2D eigenvalue weighted by atomic mass is 9.93. The predicted molar refractivity (Wildman–Crippen MR) is 129 cm³/mol. The van der Waals surface area contributed by atoms with Crippen molar-refractivity contribution in [2.24, 2.45) is 0 Å². The van der Waals surface area contributed by atoms with Crippen LogP contribution >= 0.6 is 0 Å². The maximum atomic E-state index is 15.4. The van der Waals surface area contributed by atoms with Crippen molar-refractivity contribution >= 4 is 28.3 Å². The number of nitrogens with zero attached hydrogens (tertiary/aromatic N) is 3. The average Bonchev–Trinajstić information content (AvgIpc) is 3.55. The summed E-state index contributed by atoms with van der Waals surface area (Å²) < 4.78 is 56.1. The van der Waals surface area contributed by atoms with E-state index in [1.165, 1.54) is 24.0 Å². The van der Waals surface area contributed by atoms with Crippen LogP contribution < -0.4 is 15.0 Å².